The van der Waals surface area contributed by atoms with Gasteiger partial charge in [0, 0.05) is 13.1 Å². The minimum atomic E-state index is -0.343. The van der Waals surface area contributed by atoms with E-state index in [-0.39, 0.29) is 11.8 Å². The predicted octanol–water partition coefficient (Wildman–Crippen LogP) is 4.12. The maximum atomic E-state index is 13.7. The van der Waals surface area contributed by atoms with Crippen LogP contribution in [0.5, 0.6) is 17.2 Å². The topological polar surface area (TPSA) is 68.3 Å². The molecule has 7 heteroatoms. The second-order valence-corrected chi connectivity index (χ2v) is 8.36. The Hall–Kier alpha value is -3.48. The van der Waals surface area contributed by atoms with E-state index in [1.165, 1.54) is 4.90 Å². The Balaban J connectivity index is 1.80. The van der Waals surface area contributed by atoms with Crippen molar-refractivity contribution in [2.75, 3.05) is 38.8 Å². The molecule has 2 amide bonds. The van der Waals surface area contributed by atoms with E-state index in [1.807, 2.05) is 6.92 Å². The Bertz CT molecular complexity index is 1080. The second kappa shape index (κ2) is 9.57. The van der Waals surface area contributed by atoms with Gasteiger partial charge in [-0.3, -0.25) is 9.59 Å². The number of hydrogen-bond acceptors (Lipinski definition) is 6. The molecule has 7 nitrogen and oxygen atoms in total. The number of ether oxygens (including phenoxy) is 3. The van der Waals surface area contributed by atoms with Gasteiger partial charge in [0.15, 0.2) is 11.5 Å². The Morgan fingerprint density at radius 2 is 1.70 bits per heavy atom. The van der Waals surface area contributed by atoms with Gasteiger partial charge in [-0.2, -0.15) is 0 Å². The number of likely N-dealkylation sites (tertiary alicyclic amines) is 1. The number of methoxy groups -OCH3 is 2. The molecule has 0 spiro atoms. The van der Waals surface area contributed by atoms with Crippen molar-refractivity contribution in [3.63, 3.8) is 0 Å². The number of rotatable bonds is 7. The van der Waals surface area contributed by atoms with Crippen molar-refractivity contribution in [3.05, 3.63) is 53.7 Å². The van der Waals surface area contributed by atoms with Crippen LogP contribution in [0.2, 0.25) is 0 Å². The number of carbonyl (C=O) groups is 2. The fourth-order valence-electron chi connectivity index (χ4n) is 4.55. The molecule has 0 aromatic heterocycles. The second-order valence-electron chi connectivity index (χ2n) is 8.36. The fourth-order valence-corrected chi connectivity index (χ4v) is 4.55. The van der Waals surface area contributed by atoms with Crippen molar-refractivity contribution in [3.8, 4) is 17.2 Å². The van der Waals surface area contributed by atoms with Gasteiger partial charge < -0.3 is 19.1 Å². The molecule has 2 aromatic rings. The molecule has 1 saturated heterocycles. The summed E-state index contributed by atoms with van der Waals surface area (Å²) in [6.07, 6.45) is 2.09. The molecule has 4 rings (SSSR count). The average Bonchev–Trinajstić information content (AvgIpc) is 3.09. The van der Waals surface area contributed by atoms with Crippen LogP contribution in [-0.2, 0) is 9.59 Å². The van der Waals surface area contributed by atoms with Gasteiger partial charge in [0.05, 0.1) is 32.1 Å². The molecule has 0 bridgehead atoms. The van der Waals surface area contributed by atoms with Crippen LogP contribution in [0.4, 0.5) is 5.69 Å². The van der Waals surface area contributed by atoms with Crippen molar-refractivity contribution >= 4 is 23.1 Å². The van der Waals surface area contributed by atoms with Gasteiger partial charge in [-0.25, -0.2) is 4.90 Å². The monoisotopic (exact) mass is 450 g/mol. The maximum absolute atomic E-state index is 13.7. The van der Waals surface area contributed by atoms with E-state index in [9.17, 15) is 9.59 Å². The van der Waals surface area contributed by atoms with E-state index in [0.717, 1.165) is 25.9 Å². The maximum Gasteiger partial charge on any atom is 0.282 e. The highest BCUT2D eigenvalue weighted by molar-refractivity contribution is 6.45. The molecule has 0 N–H and O–H groups in total. The number of nitrogens with zero attached hydrogens (tertiary/aromatic N) is 2. The van der Waals surface area contributed by atoms with Gasteiger partial charge in [-0.1, -0.05) is 13.0 Å². The number of piperidine rings is 1. The van der Waals surface area contributed by atoms with Crippen LogP contribution < -0.4 is 19.1 Å². The summed E-state index contributed by atoms with van der Waals surface area (Å²) in [5.74, 6) is 1.57. The van der Waals surface area contributed by atoms with Crippen LogP contribution in [0, 0.1) is 5.92 Å². The Morgan fingerprint density at radius 3 is 2.33 bits per heavy atom. The Morgan fingerprint density at radius 1 is 0.970 bits per heavy atom. The van der Waals surface area contributed by atoms with E-state index in [2.05, 4.69) is 11.8 Å². The molecular weight excluding hydrogens is 420 g/mol. The van der Waals surface area contributed by atoms with Crippen LogP contribution >= 0.6 is 0 Å². The van der Waals surface area contributed by atoms with Gasteiger partial charge in [0.1, 0.15) is 11.4 Å². The number of imide groups is 1. The summed E-state index contributed by atoms with van der Waals surface area (Å²) in [6.45, 7) is 6.11. The van der Waals surface area contributed by atoms with Crippen molar-refractivity contribution in [1.29, 1.82) is 0 Å². The molecule has 0 radical (unpaired) electrons. The average molecular weight is 451 g/mol. The molecule has 1 unspecified atom stereocenters. The van der Waals surface area contributed by atoms with E-state index in [0.29, 0.717) is 52.3 Å². The fraction of sp³-hybridized carbons (Fsp3) is 0.385. The molecule has 1 fully saturated rings. The van der Waals surface area contributed by atoms with Gasteiger partial charge in [0.25, 0.3) is 11.8 Å². The molecule has 2 aliphatic rings. The van der Waals surface area contributed by atoms with Crippen LogP contribution in [0.15, 0.2) is 48.2 Å². The molecule has 2 aromatic carbocycles. The lowest BCUT2D eigenvalue weighted by atomic mass is 9.97. The van der Waals surface area contributed by atoms with Gasteiger partial charge in [-0.05, 0) is 67.6 Å². The van der Waals surface area contributed by atoms with E-state index in [4.69, 9.17) is 14.2 Å². The minimum absolute atomic E-state index is 0.303. The summed E-state index contributed by atoms with van der Waals surface area (Å²) in [6, 6.07) is 12.4. The third-order valence-corrected chi connectivity index (χ3v) is 6.11. The molecule has 174 valence electrons. The first kappa shape index (κ1) is 22.7. The van der Waals surface area contributed by atoms with Gasteiger partial charge >= 0.3 is 0 Å². The van der Waals surface area contributed by atoms with Crippen molar-refractivity contribution in [2.45, 2.75) is 26.7 Å². The molecule has 33 heavy (non-hydrogen) atoms. The van der Waals surface area contributed by atoms with Crippen LogP contribution in [0.1, 0.15) is 32.3 Å². The van der Waals surface area contributed by atoms with Crippen LogP contribution in [-0.4, -0.2) is 50.6 Å². The van der Waals surface area contributed by atoms with Crippen molar-refractivity contribution < 1.29 is 23.8 Å². The van der Waals surface area contributed by atoms with Crippen LogP contribution in [0.25, 0.3) is 5.57 Å². The zero-order chi connectivity index (χ0) is 23.5. The summed E-state index contributed by atoms with van der Waals surface area (Å²) in [4.78, 5) is 30.8. The molecule has 2 aliphatic heterocycles. The first-order valence-electron chi connectivity index (χ1n) is 11.3. The minimum Gasteiger partial charge on any atom is -0.494 e. The molecule has 2 heterocycles. The lowest BCUT2D eigenvalue weighted by molar-refractivity contribution is -0.120. The summed E-state index contributed by atoms with van der Waals surface area (Å²) < 4.78 is 16.3. The highest BCUT2D eigenvalue weighted by Gasteiger charge is 2.43. The third kappa shape index (κ3) is 4.27. The molecule has 0 saturated carbocycles. The summed E-state index contributed by atoms with van der Waals surface area (Å²) >= 11 is 0. The molecular formula is C26H30N2O5. The largest absolute Gasteiger partial charge is 0.494 e. The highest BCUT2D eigenvalue weighted by atomic mass is 16.5. The first-order valence-corrected chi connectivity index (χ1v) is 11.3. The normalized spacial score (nSPS) is 18.7. The number of hydrogen-bond donors (Lipinski definition) is 0. The van der Waals surface area contributed by atoms with Crippen molar-refractivity contribution in [1.82, 2.24) is 4.90 Å². The van der Waals surface area contributed by atoms with E-state index in [1.54, 1.807) is 56.7 Å². The quantitative estimate of drug-likeness (QED) is 0.591. The highest BCUT2D eigenvalue weighted by Crippen LogP contribution is 2.39. The van der Waals surface area contributed by atoms with Crippen LogP contribution in [0.3, 0.4) is 0 Å². The SMILES string of the molecule is CCOc1ccc(N2C(=O)C(c3ccc(OC)c(OC)c3)=C(N3CCCC(C)C3)C2=O)cc1. The zero-order valence-corrected chi connectivity index (χ0v) is 19.6. The lowest BCUT2D eigenvalue weighted by Crippen LogP contribution is -2.39. The van der Waals surface area contributed by atoms with Gasteiger partial charge in [0.2, 0.25) is 0 Å². The number of amides is 2. The standard InChI is InChI=1S/C26H30N2O5/c1-5-33-20-11-9-19(10-12-20)28-25(29)23(18-8-13-21(31-3)22(15-18)32-4)24(26(28)30)27-14-6-7-17(2)16-27/h8-13,15,17H,5-7,14,16H2,1-4H3. The molecule has 0 aliphatic carbocycles. The van der Waals surface area contributed by atoms with Crippen molar-refractivity contribution in [2.24, 2.45) is 5.92 Å². The summed E-state index contributed by atoms with van der Waals surface area (Å²) in [7, 11) is 3.12. The third-order valence-electron chi connectivity index (χ3n) is 6.11. The first-order chi connectivity index (χ1) is 16.0. The smallest absolute Gasteiger partial charge is 0.282 e. The predicted molar refractivity (Wildman–Crippen MR) is 127 cm³/mol. The number of carbonyl (C=O) groups excluding carboxylic acids is 2. The lowest BCUT2D eigenvalue weighted by Gasteiger charge is -2.33. The zero-order valence-electron chi connectivity index (χ0n) is 19.6. The molecule has 1 atom stereocenters. The van der Waals surface area contributed by atoms with Gasteiger partial charge in [-0.15, -0.1) is 0 Å². The number of anilines is 1. The summed E-state index contributed by atoms with van der Waals surface area (Å²) in [5.41, 5.74) is 2.00. The Kier molecular flexibility index (Phi) is 6.58. The van der Waals surface area contributed by atoms with E-state index >= 15 is 0 Å². The van der Waals surface area contributed by atoms with E-state index < -0.39 is 0 Å². The summed E-state index contributed by atoms with van der Waals surface area (Å²) in [5, 5.41) is 0. The number of benzene rings is 2. The Labute approximate surface area is 194 Å².